The summed E-state index contributed by atoms with van der Waals surface area (Å²) in [5.74, 6) is -0.938. The number of unbranched alkanes of at least 4 members (excludes halogenated alkanes) is 5. The minimum atomic E-state index is -2.43. The molecule has 2 spiro atoms. The van der Waals surface area contributed by atoms with Gasteiger partial charge in [-0.2, -0.15) is 0 Å². The summed E-state index contributed by atoms with van der Waals surface area (Å²) in [4.78, 5) is 8.95. The Hall–Kier alpha value is -2.82. The van der Waals surface area contributed by atoms with Crippen molar-refractivity contribution in [1.29, 1.82) is 0 Å². The normalized spacial score (nSPS) is 26.4. The van der Waals surface area contributed by atoms with Gasteiger partial charge in [0.25, 0.3) is 5.92 Å². The molecule has 0 saturated heterocycles. The van der Waals surface area contributed by atoms with Gasteiger partial charge in [-0.1, -0.05) is 87.6 Å². The highest BCUT2D eigenvalue weighted by molar-refractivity contribution is 5.67. The van der Waals surface area contributed by atoms with Crippen LogP contribution in [-0.4, -0.2) is 22.5 Å². The number of hydrogen-bond donors (Lipinski definition) is 0. The Morgan fingerprint density at radius 1 is 0.811 bits per heavy atom. The second-order valence-electron chi connectivity index (χ2n) is 11.5. The van der Waals surface area contributed by atoms with E-state index in [0.29, 0.717) is 24.6 Å². The van der Waals surface area contributed by atoms with Gasteiger partial charge in [-0.05, 0) is 53.7 Å². The maximum absolute atomic E-state index is 13.6. The van der Waals surface area contributed by atoms with Crippen molar-refractivity contribution < 1.29 is 13.5 Å². The third-order valence-corrected chi connectivity index (χ3v) is 9.10. The highest BCUT2D eigenvalue weighted by Gasteiger charge is 2.96. The highest BCUT2D eigenvalue weighted by Crippen LogP contribution is 2.95. The molecule has 6 rings (SSSR count). The summed E-state index contributed by atoms with van der Waals surface area (Å²) >= 11 is 0. The molecule has 0 aliphatic heterocycles. The lowest BCUT2D eigenvalue weighted by Crippen LogP contribution is -2.05. The van der Waals surface area contributed by atoms with Crippen LogP contribution in [0.3, 0.4) is 0 Å². The molecule has 5 heteroatoms. The molecule has 1 aromatic heterocycles. The number of ether oxygens (including phenoxy) is 1. The van der Waals surface area contributed by atoms with Crippen molar-refractivity contribution in [3.05, 3.63) is 66.5 Å². The van der Waals surface area contributed by atoms with Gasteiger partial charge < -0.3 is 4.74 Å². The number of halogens is 2. The summed E-state index contributed by atoms with van der Waals surface area (Å²) in [7, 11) is 0. The predicted octanol–water partition coefficient (Wildman–Crippen LogP) is 8.53. The van der Waals surface area contributed by atoms with Crippen molar-refractivity contribution in [2.45, 2.75) is 77.1 Å². The van der Waals surface area contributed by atoms with Gasteiger partial charge in [-0.3, -0.25) is 0 Å². The standard InChI is InChI=1S/C32H36F2N2O/c1-2-3-4-5-6-7-8-23-9-11-24(12-10-23)25-13-15-26(16-14-25)29-35-18-28(19-36-29)37-20-27-17-30(27)21-31(30)22-32(31,33)34/h9-16,18-19,27H,2-8,17,20-22H2,1H3/t27-,30-,31+/m1/s1. The first-order chi connectivity index (χ1) is 18.0. The molecule has 0 radical (unpaired) electrons. The second-order valence-corrected chi connectivity index (χ2v) is 11.5. The lowest BCUT2D eigenvalue weighted by atomic mass is 10.00. The van der Waals surface area contributed by atoms with E-state index in [1.165, 1.54) is 55.2 Å². The molecule has 2 aromatic carbocycles. The maximum Gasteiger partial charge on any atom is 0.255 e. The molecule has 3 fully saturated rings. The number of nitrogens with zero attached hydrogens (tertiary/aromatic N) is 2. The van der Waals surface area contributed by atoms with Crippen molar-refractivity contribution in [3.8, 4) is 28.3 Å². The van der Waals surface area contributed by atoms with E-state index in [2.05, 4.69) is 53.3 Å². The van der Waals surface area contributed by atoms with E-state index in [9.17, 15) is 8.78 Å². The Morgan fingerprint density at radius 2 is 1.41 bits per heavy atom. The number of hydrogen-bond acceptors (Lipinski definition) is 3. The van der Waals surface area contributed by atoms with E-state index < -0.39 is 11.3 Å². The van der Waals surface area contributed by atoms with E-state index in [1.54, 1.807) is 12.4 Å². The summed E-state index contributed by atoms with van der Waals surface area (Å²) in [5, 5.41) is 0. The van der Waals surface area contributed by atoms with Crippen LogP contribution in [0.4, 0.5) is 8.78 Å². The van der Waals surface area contributed by atoms with E-state index in [4.69, 9.17) is 4.74 Å². The summed E-state index contributed by atoms with van der Waals surface area (Å²) < 4.78 is 33.1. The smallest absolute Gasteiger partial charge is 0.255 e. The summed E-state index contributed by atoms with van der Waals surface area (Å²) in [6, 6.07) is 17.2. The Kier molecular flexibility index (Phi) is 6.29. The van der Waals surface area contributed by atoms with Crippen LogP contribution in [0.5, 0.6) is 5.75 Å². The van der Waals surface area contributed by atoms with Gasteiger partial charge in [0, 0.05) is 17.4 Å². The zero-order chi connectivity index (χ0) is 25.5. The van der Waals surface area contributed by atoms with Gasteiger partial charge in [0.2, 0.25) is 0 Å². The molecule has 1 heterocycles. The van der Waals surface area contributed by atoms with Crippen LogP contribution >= 0.6 is 0 Å². The van der Waals surface area contributed by atoms with Crippen LogP contribution in [0.1, 0.15) is 70.3 Å². The van der Waals surface area contributed by atoms with Crippen LogP contribution < -0.4 is 4.74 Å². The zero-order valence-corrected chi connectivity index (χ0v) is 21.7. The molecule has 0 N–H and O–H groups in total. The van der Waals surface area contributed by atoms with Crippen molar-refractivity contribution in [3.63, 3.8) is 0 Å². The van der Waals surface area contributed by atoms with E-state index in [-0.39, 0.29) is 17.8 Å². The fourth-order valence-electron chi connectivity index (χ4n) is 6.48. The maximum atomic E-state index is 13.6. The van der Waals surface area contributed by atoms with E-state index >= 15 is 0 Å². The van der Waals surface area contributed by atoms with Gasteiger partial charge in [0.1, 0.15) is 0 Å². The largest absolute Gasteiger partial charge is 0.490 e. The summed E-state index contributed by atoms with van der Waals surface area (Å²) in [6.07, 6.45) is 14.1. The molecule has 3 aliphatic rings. The highest BCUT2D eigenvalue weighted by atomic mass is 19.3. The van der Waals surface area contributed by atoms with Gasteiger partial charge in [-0.25, -0.2) is 18.7 Å². The van der Waals surface area contributed by atoms with Crippen molar-refractivity contribution in [2.24, 2.45) is 16.7 Å². The Morgan fingerprint density at radius 3 is 2.03 bits per heavy atom. The minimum absolute atomic E-state index is 0.0810. The number of alkyl halides is 2. The molecule has 3 atom stereocenters. The monoisotopic (exact) mass is 502 g/mol. The molecule has 3 aliphatic carbocycles. The number of aromatic nitrogens is 2. The molecule has 0 unspecified atom stereocenters. The first-order valence-electron chi connectivity index (χ1n) is 14.0. The van der Waals surface area contributed by atoms with E-state index in [0.717, 1.165) is 18.4 Å². The van der Waals surface area contributed by atoms with Gasteiger partial charge in [0.05, 0.1) is 19.0 Å². The van der Waals surface area contributed by atoms with Crippen LogP contribution in [-0.2, 0) is 6.42 Å². The average molecular weight is 503 g/mol. The lowest BCUT2D eigenvalue weighted by Gasteiger charge is -2.08. The number of fused-ring (bicyclic) bond motifs is 1. The third-order valence-electron chi connectivity index (χ3n) is 9.10. The first-order valence-corrected chi connectivity index (χ1v) is 14.0. The zero-order valence-electron chi connectivity index (χ0n) is 21.7. The quantitative estimate of drug-likeness (QED) is 0.233. The molecule has 3 aromatic rings. The van der Waals surface area contributed by atoms with Gasteiger partial charge in [-0.15, -0.1) is 0 Å². The number of rotatable bonds is 12. The molecule has 37 heavy (non-hydrogen) atoms. The molecular weight excluding hydrogens is 466 g/mol. The van der Waals surface area contributed by atoms with Crippen molar-refractivity contribution >= 4 is 0 Å². The molecule has 3 nitrogen and oxygen atoms in total. The minimum Gasteiger partial charge on any atom is -0.490 e. The van der Waals surface area contributed by atoms with Crippen LogP contribution in [0.2, 0.25) is 0 Å². The van der Waals surface area contributed by atoms with E-state index in [1.807, 2.05) is 12.1 Å². The fourth-order valence-corrected chi connectivity index (χ4v) is 6.48. The Labute approximate surface area is 218 Å². The summed E-state index contributed by atoms with van der Waals surface area (Å²) in [5.41, 5.74) is 3.94. The molecule has 0 amide bonds. The van der Waals surface area contributed by atoms with Crippen molar-refractivity contribution in [2.75, 3.05) is 6.61 Å². The second kappa shape index (κ2) is 9.49. The SMILES string of the molecule is CCCCCCCCc1ccc(-c2ccc(-c3ncc(OC[C@H]4C[C@@]45C[C@]54CC4(F)F)cn3)cc2)cc1. The first kappa shape index (κ1) is 24.5. The van der Waals surface area contributed by atoms with Crippen LogP contribution in [0.15, 0.2) is 60.9 Å². The molecule has 0 bridgehead atoms. The Bertz CT molecular complexity index is 1230. The average Bonchev–Trinajstić information content (AvgIpc) is 3.86. The predicted molar refractivity (Wildman–Crippen MR) is 143 cm³/mol. The third kappa shape index (κ3) is 4.66. The van der Waals surface area contributed by atoms with Crippen molar-refractivity contribution in [1.82, 2.24) is 9.97 Å². The molecule has 194 valence electrons. The Balaban J connectivity index is 0.981. The fraction of sp³-hybridized carbons (Fsp3) is 0.500. The topological polar surface area (TPSA) is 35.0 Å². The number of aryl methyl sites for hydroxylation is 1. The van der Waals surface area contributed by atoms with Gasteiger partial charge in [0.15, 0.2) is 11.6 Å². The molecular formula is C32H36F2N2O. The lowest BCUT2D eigenvalue weighted by molar-refractivity contribution is 0.0866. The van der Waals surface area contributed by atoms with Crippen LogP contribution in [0.25, 0.3) is 22.5 Å². The van der Waals surface area contributed by atoms with Crippen LogP contribution in [0, 0.1) is 16.7 Å². The number of benzene rings is 2. The molecule has 3 saturated carbocycles. The summed E-state index contributed by atoms with van der Waals surface area (Å²) in [6.45, 7) is 2.74. The van der Waals surface area contributed by atoms with Gasteiger partial charge >= 0.3 is 0 Å².